The summed E-state index contributed by atoms with van der Waals surface area (Å²) < 4.78 is 26.2. The van der Waals surface area contributed by atoms with Crippen molar-refractivity contribution in [3.63, 3.8) is 0 Å². The second kappa shape index (κ2) is 11.6. The molecule has 0 saturated carbocycles. The molecular weight excluding hydrogens is 442 g/mol. The topological polar surface area (TPSA) is 104 Å². The summed E-state index contributed by atoms with van der Waals surface area (Å²) in [4.78, 5) is 39.4. The second-order valence-corrected chi connectivity index (χ2v) is 9.61. The van der Waals surface area contributed by atoms with E-state index in [1.807, 2.05) is 30.3 Å². The summed E-state index contributed by atoms with van der Waals surface area (Å²) in [7, 11) is -3.85. The molecule has 0 spiro atoms. The number of benzene rings is 2. The molecule has 1 unspecified atom stereocenters. The van der Waals surface area contributed by atoms with Crippen LogP contribution >= 0.6 is 0 Å². The Balaban J connectivity index is 2.44. The van der Waals surface area contributed by atoms with Crippen molar-refractivity contribution in [3.8, 4) is 0 Å². The monoisotopic (exact) mass is 473 g/mol. The van der Waals surface area contributed by atoms with Crippen molar-refractivity contribution in [1.29, 1.82) is 0 Å². The van der Waals surface area contributed by atoms with Crippen LogP contribution in [0.5, 0.6) is 0 Å². The minimum Gasteiger partial charge on any atom is -0.355 e. The van der Waals surface area contributed by atoms with Gasteiger partial charge in [-0.15, -0.1) is 0 Å². The van der Waals surface area contributed by atoms with Crippen LogP contribution in [-0.4, -0.2) is 56.3 Å². The third-order valence-corrected chi connectivity index (χ3v) is 6.29. The molecule has 0 fully saturated rings. The number of sulfonamides is 1. The van der Waals surface area contributed by atoms with Gasteiger partial charge in [0.05, 0.1) is 11.9 Å². The van der Waals surface area contributed by atoms with Gasteiger partial charge >= 0.3 is 0 Å². The van der Waals surface area contributed by atoms with Crippen molar-refractivity contribution in [2.24, 2.45) is 0 Å². The van der Waals surface area contributed by atoms with Gasteiger partial charge in [0.15, 0.2) is 5.78 Å². The highest BCUT2D eigenvalue weighted by atomic mass is 32.2. The third kappa shape index (κ3) is 7.15. The van der Waals surface area contributed by atoms with Gasteiger partial charge in [0.1, 0.15) is 12.6 Å². The highest BCUT2D eigenvalue weighted by molar-refractivity contribution is 7.92. The first-order chi connectivity index (χ1) is 15.6. The third-order valence-electron chi connectivity index (χ3n) is 5.15. The summed E-state index contributed by atoms with van der Waals surface area (Å²) in [5.74, 6) is -1.03. The van der Waals surface area contributed by atoms with E-state index in [0.717, 1.165) is 16.1 Å². The number of amides is 2. The van der Waals surface area contributed by atoms with Crippen molar-refractivity contribution in [3.05, 3.63) is 65.7 Å². The molecule has 0 aliphatic rings. The Morgan fingerprint density at radius 3 is 2.21 bits per heavy atom. The number of Topliss-reactive ketones (excluding diaryl/α,β-unsaturated/α-hetero) is 1. The lowest BCUT2D eigenvalue weighted by Gasteiger charge is -2.32. The lowest BCUT2D eigenvalue weighted by atomic mass is 10.1. The summed E-state index contributed by atoms with van der Waals surface area (Å²) in [5.41, 5.74) is 1.37. The van der Waals surface area contributed by atoms with Crippen LogP contribution in [0.4, 0.5) is 5.69 Å². The Labute approximate surface area is 195 Å². The van der Waals surface area contributed by atoms with Crippen LogP contribution < -0.4 is 9.62 Å². The summed E-state index contributed by atoms with van der Waals surface area (Å²) >= 11 is 0. The molecule has 0 aliphatic carbocycles. The van der Waals surface area contributed by atoms with Gasteiger partial charge in [0.2, 0.25) is 21.8 Å². The first-order valence-electron chi connectivity index (χ1n) is 10.8. The quantitative estimate of drug-likeness (QED) is 0.505. The van der Waals surface area contributed by atoms with E-state index in [1.54, 1.807) is 26.0 Å². The number of rotatable bonds is 11. The van der Waals surface area contributed by atoms with Gasteiger partial charge in [-0.1, -0.05) is 49.4 Å². The Hall–Kier alpha value is -3.20. The molecule has 2 aromatic carbocycles. The molecule has 2 amide bonds. The Morgan fingerprint density at radius 1 is 1.00 bits per heavy atom. The first-order valence-corrected chi connectivity index (χ1v) is 12.6. The van der Waals surface area contributed by atoms with Gasteiger partial charge in [0.25, 0.3) is 0 Å². The first kappa shape index (κ1) is 26.1. The van der Waals surface area contributed by atoms with E-state index in [-0.39, 0.29) is 23.9 Å². The van der Waals surface area contributed by atoms with Crippen LogP contribution in [0.2, 0.25) is 0 Å². The minimum absolute atomic E-state index is 0.153. The Morgan fingerprint density at radius 2 is 1.67 bits per heavy atom. The summed E-state index contributed by atoms with van der Waals surface area (Å²) in [6, 6.07) is 14.6. The van der Waals surface area contributed by atoms with Crippen LogP contribution in [0.3, 0.4) is 0 Å². The van der Waals surface area contributed by atoms with Crippen LogP contribution in [0.1, 0.15) is 43.1 Å². The van der Waals surface area contributed by atoms with E-state index < -0.39 is 28.5 Å². The van der Waals surface area contributed by atoms with Gasteiger partial charge < -0.3 is 10.2 Å². The van der Waals surface area contributed by atoms with Crippen LogP contribution in [-0.2, 0) is 26.2 Å². The SMILES string of the molecule is CCNC(=O)C(CC)N(Cc1ccccc1)C(=O)CN(c1cccc(C(C)=O)c1)S(C)(=O)=O. The Kier molecular flexibility index (Phi) is 9.16. The molecule has 0 radical (unpaired) electrons. The van der Waals surface area contributed by atoms with Gasteiger partial charge in [-0.2, -0.15) is 0 Å². The summed E-state index contributed by atoms with van der Waals surface area (Å²) in [6.07, 6.45) is 1.37. The standard InChI is InChI=1S/C24H31N3O5S/c1-5-22(24(30)25-6-2)26(16-19-11-8-7-9-12-19)23(29)17-27(33(4,31)32)21-14-10-13-20(15-21)18(3)28/h7-15,22H,5-6,16-17H2,1-4H3,(H,25,30). The predicted molar refractivity (Wildman–Crippen MR) is 128 cm³/mol. The molecule has 0 aliphatic heterocycles. The van der Waals surface area contributed by atoms with Crippen molar-refractivity contribution in [1.82, 2.24) is 10.2 Å². The normalized spacial score (nSPS) is 12.0. The fourth-order valence-corrected chi connectivity index (χ4v) is 4.33. The Bertz CT molecular complexity index is 1090. The predicted octanol–water partition coefficient (Wildman–Crippen LogP) is 2.60. The van der Waals surface area contributed by atoms with E-state index in [4.69, 9.17) is 0 Å². The number of carbonyl (C=O) groups is 3. The van der Waals surface area contributed by atoms with Crippen molar-refractivity contribution in [2.45, 2.75) is 39.8 Å². The van der Waals surface area contributed by atoms with Gasteiger partial charge in [-0.25, -0.2) is 8.42 Å². The zero-order valence-electron chi connectivity index (χ0n) is 19.4. The molecule has 1 atom stereocenters. The summed E-state index contributed by atoms with van der Waals surface area (Å²) in [6.45, 7) is 5.05. The van der Waals surface area contributed by atoms with Crippen molar-refractivity contribution in [2.75, 3.05) is 23.7 Å². The molecule has 9 heteroatoms. The fraction of sp³-hybridized carbons (Fsp3) is 0.375. The molecule has 33 heavy (non-hydrogen) atoms. The maximum atomic E-state index is 13.5. The lowest BCUT2D eigenvalue weighted by Crippen LogP contribution is -2.52. The second-order valence-electron chi connectivity index (χ2n) is 7.70. The van der Waals surface area contributed by atoms with Crippen LogP contribution in [0.25, 0.3) is 0 Å². The molecule has 0 bridgehead atoms. The minimum atomic E-state index is -3.85. The van der Waals surface area contributed by atoms with Crippen molar-refractivity contribution < 1.29 is 22.8 Å². The maximum Gasteiger partial charge on any atom is 0.244 e. The molecule has 0 heterocycles. The van der Waals surface area contributed by atoms with E-state index in [9.17, 15) is 22.8 Å². The molecule has 0 aromatic heterocycles. The lowest BCUT2D eigenvalue weighted by molar-refractivity contribution is -0.140. The fourth-order valence-electron chi connectivity index (χ4n) is 3.49. The number of hydrogen-bond donors (Lipinski definition) is 1. The molecular formula is C24H31N3O5S. The highest BCUT2D eigenvalue weighted by Gasteiger charge is 2.31. The molecule has 1 N–H and O–H groups in total. The van der Waals surface area contributed by atoms with E-state index in [2.05, 4.69) is 5.32 Å². The van der Waals surface area contributed by atoms with E-state index in [0.29, 0.717) is 18.5 Å². The molecule has 178 valence electrons. The average Bonchev–Trinajstić information content (AvgIpc) is 2.77. The smallest absolute Gasteiger partial charge is 0.244 e. The number of nitrogens with one attached hydrogen (secondary N) is 1. The number of ketones is 1. The largest absolute Gasteiger partial charge is 0.355 e. The number of nitrogens with zero attached hydrogens (tertiary/aromatic N) is 2. The summed E-state index contributed by atoms with van der Waals surface area (Å²) in [5, 5.41) is 2.75. The molecule has 2 aromatic rings. The van der Waals surface area contributed by atoms with Crippen molar-refractivity contribution >= 4 is 33.3 Å². The maximum absolute atomic E-state index is 13.5. The van der Waals surface area contributed by atoms with E-state index >= 15 is 0 Å². The number of anilines is 1. The number of hydrogen-bond acceptors (Lipinski definition) is 5. The zero-order valence-corrected chi connectivity index (χ0v) is 20.3. The van der Waals surface area contributed by atoms with Gasteiger partial charge in [-0.3, -0.25) is 18.7 Å². The average molecular weight is 474 g/mol. The van der Waals surface area contributed by atoms with Crippen LogP contribution in [0, 0.1) is 0 Å². The molecule has 2 rings (SSSR count). The molecule has 0 saturated heterocycles. The zero-order chi connectivity index (χ0) is 24.6. The number of carbonyl (C=O) groups excluding carboxylic acids is 3. The van der Waals surface area contributed by atoms with Crippen LogP contribution in [0.15, 0.2) is 54.6 Å². The number of likely N-dealkylation sites (N-methyl/N-ethyl adjacent to an activating group) is 1. The van der Waals surface area contributed by atoms with E-state index in [1.165, 1.54) is 24.0 Å². The van der Waals surface area contributed by atoms with Gasteiger partial charge in [-0.05, 0) is 38.0 Å². The molecule has 8 nitrogen and oxygen atoms in total. The highest BCUT2D eigenvalue weighted by Crippen LogP contribution is 2.21. The van der Waals surface area contributed by atoms with Gasteiger partial charge in [0, 0.05) is 18.7 Å².